The van der Waals surface area contributed by atoms with Crippen LogP contribution >= 0.6 is 0 Å². The third-order valence-electron chi connectivity index (χ3n) is 1.61. The van der Waals surface area contributed by atoms with Crippen molar-refractivity contribution in [3.05, 3.63) is 22.4 Å². The van der Waals surface area contributed by atoms with Crippen molar-refractivity contribution in [1.29, 1.82) is 0 Å². The molecule has 1 heteroatoms. The van der Waals surface area contributed by atoms with E-state index in [9.17, 15) is 0 Å². The molecule has 0 heterocycles. The van der Waals surface area contributed by atoms with Gasteiger partial charge in [-0.1, -0.05) is 0 Å². The molecule has 10 heavy (non-hydrogen) atoms. The Morgan fingerprint density at radius 3 is 2.50 bits per heavy atom. The summed E-state index contributed by atoms with van der Waals surface area (Å²) in [5.74, 6) is 0. The molecular formula is C9H15Ga. The SMILES string of the molecule is C[C](C)(C)[GaH][C]1=CC=CC1. The Morgan fingerprint density at radius 1 is 1.40 bits per heavy atom. The monoisotopic (exact) mass is 192 g/mol. The maximum absolute atomic E-state index is 2.37. The summed E-state index contributed by atoms with van der Waals surface area (Å²) in [6.07, 6.45) is 8.06. The third-order valence-corrected chi connectivity index (χ3v) is 5.88. The van der Waals surface area contributed by atoms with E-state index in [2.05, 4.69) is 39.0 Å². The van der Waals surface area contributed by atoms with Crippen LogP contribution in [-0.2, 0) is 0 Å². The zero-order valence-corrected chi connectivity index (χ0v) is 10.1. The van der Waals surface area contributed by atoms with E-state index in [0.29, 0.717) is 3.97 Å². The molecule has 1 aliphatic carbocycles. The molecular weight excluding hydrogens is 178 g/mol. The summed E-state index contributed by atoms with van der Waals surface area (Å²) in [7, 11) is 0. The molecule has 0 amide bonds. The number of allylic oxidation sites excluding steroid dienone is 4. The standard InChI is InChI=1S/C5H5.C4H9.Ga.H/c1-2-4-5-3-1;1-4(2)3;;/h1-3H,4H2;1-3H3;;. The second-order valence-electron chi connectivity index (χ2n) is 4.19. The van der Waals surface area contributed by atoms with Gasteiger partial charge < -0.3 is 0 Å². The first-order valence-electron chi connectivity index (χ1n) is 3.92. The van der Waals surface area contributed by atoms with Crippen molar-refractivity contribution in [2.45, 2.75) is 31.2 Å². The predicted octanol–water partition coefficient (Wildman–Crippen LogP) is 2.49. The van der Waals surface area contributed by atoms with Gasteiger partial charge in [-0.25, -0.2) is 0 Å². The van der Waals surface area contributed by atoms with Gasteiger partial charge in [0.05, 0.1) is 0 Å². The molecule has 0 N–H and O–H groups in total. The van der Waals surface area contributed by atoms with Gasteiger partial charge in [0.25, 0.3) is 0 Å². The number of rotatable bonds is 1. The minimum atomic E-state index is -0.399. The molecule has 0 unspecified atom stereocenters. The molecule has 0 radical (unpaired) electrons. The normalized spacial score (nSPS) is 17.3. The van der Waals surface area contributed by atoms with Crippen molar-refractivity contribution < 1.29 is 0 Å². The van der Waals surface area contributed by atoms with Crippen molar-refractivity contribution in [3.63, 3.8) is 0 Å². The van der Waals surface area contributed by atoms with E-state index in [1.807, 2.05) is 0 Å². The van der Waals surface area contributed by atoms with Crippen molar-refractivity contribution in [1.82, 2.24) is 0 Å². The fourth-order valence-electron chi connectivity index (χ4n) is 1.30. The Bertz CT molecular complexity index is 170. The van der Waals surface area contributed by atoms with E-state index in [1.54, 1.807) is 4.13 Å². The van der Waals surface area contributed by atoms with Crippen LogP contribution in [0.3, 0.4) is 0 Å². The zero-order chi connectivity index (χ0) is 7.61. The van der Waals surface area contributed by atoms with Crippen LogP contribution in [0.2, 0.25) is 3.97 Å². The van der Waals surface area contributed by atoms with E-state index in [-0.39, 0.29) is 0 Å². The molecule has 0 aromatic rings. The van der Waals surface area contributed by atoms with Crippen LogP contribution in [0.25, 0.3) is 0 Å². The Hall–Kier alpha value is 0.116. The molecule has 0 saturated carbocycles. The van der Waals surface area contributed by atoms with E-state index in [4.69, 9.17) is 0 Å². The van der Waals surface area contributed by atoms with Crippen molar-refractivity contribution >= 4 is 17.4 Å². The van der Waals surface area contributed by atoms with Crippen molar-refractivity contribution in [2.24, 2.45) is 0 Å². The van der Waals surface area contributed by atoms with E-state index in [0.717, 1.165) is 0 Å². The summed E-state index contributed by atoms with van der Waals surface area (Å²) >= 11 is -0.399. The van der Waals surface area contributed by atoms with Crippen molar-refractivity contribution in [3.8, 4) is 0 Å². The van der Waals surface area contributed by atoms with Gasteiger partial charge in [-0.15, -0.1) is 0 Å². The van der Waals surface area contributed by atoms with Crippen LogP contribution < -0.4 is 0 Å². The van der Waals surface area contributed by atoms with Crippen LogP contribution in [-0.4, -0.2) is 17.4 Å². The first kappa shape index (κ1) is 8.22. The molecule has 0 aromatic carbocycles. The Balaban J connectivity index is 2.41. The molecule has 0 bridgehead atoms. The molecule has 1 rings (SSSR count). The van der Waals surface area contributed by atoms with Crippen LogP contribution in [0, 0.1) is 0 Å². The van der Waals surface area contributed by atoms with Crippen LogP contribution in [0.4, 0.5) is 0 Å². The van der Waals surface area contributed by atoms with Gasteiger partial charge in [0.2, 0.25) is 0 Å². The average molecular weight is 193 g/mol. The van der Waals surface area contributed by atoms with Gasteiger partial charge in [-0.05, 0) is 0 Å². The number of hydrogen-bond acceptors (Lipinski definition) is 0. The summed E-state index contributed by atoms with van der Waals surface area (Å²) in [5, 5.41) is 0. The quantitative estimate of drug-likeness (QED) is 0.561. The summed E-state index contributed by atoms with van der Waals surface area (Å²) < 4.78 is 2.41. The van der Waals surface area contributed by atoms with Gasteiger partial charge in [0, 0.05) is 0 Å². The summed E-state index contributed by atoms with van der Waals surface area (Å²) in [6, 6.07) is 0. The van der Waals surface area contributed by atoms with Gasteiger partial charge >= 0.3 is 70.9 Å². The fourth-order valence-corrected chi connectivity index (χ4v) is 5.35. The second kappa shape index (κ2) is 3.01. The fraction of sp³-hybridized carbons (Fsp3) is 0.556. The first-order valence-corrected chi connectivity index (χ1v) is 6.89. The molecule has 0 nitrogen and oxygen atoms in total. The Labute approximate surface area is 71.2 Å². The molecule has 0 spiro atoms. The van der Waals surface area contributed by atoms with Crippen LogP contribution in [0.15, 0.2) is 22.4 Å². The zero-order valence-electron chi connectivity index (χ0n) is 7.15. The molecule has 54 valence electrons. The molecule has 1 aliphatic rings. The Morgan fingerprint density at radius 2 is 2.10 bits per heavy atom. The topological polar surface area (TPSA) is 0 Å². The molecule has 0 aromatic heterocycles. The molecule has 0 saturated heterocycles. The Kier molecular flexibility index (Phi) is 2.48. The molecule has 0 aliphatic heterocycles. The van der Waals surface area contributed by atoms with E-state index in [1.165, 1.54) is 6.42 Å². The van der Waals surface area contributed by atoms with Crippen LogP contribution in [0.5, 0.6) is 0 Å². The van der Waals surface area contributed by atoms with Crippen molar-refractivity contribution in [2.75, 3.05) is 0 Å². The summed E-state index contributed by atoms with van der Waals surface area (Å²) in [4.78, 5) is 0. The van der Waals surface area contributed by atoms with E-state index < -0.39 is 17.4 Å². The maximum atomic E-state index is 2.37. The summed E-state index contributed by atoms with van der Waals surface area (Å²) in [5.41, 5.74) is 0. The second-order valence-corrected chi connectivity index (χ2v) is 11.3. The average Bonchev–Trinajstić information content (AvgIpc) is 2.12. The molecule has 0 fully saturated rings. The van der Waals surface area contributed by atoms with Crippen LogP contribution in [0.1, 0.15) is 27.2 Å². The third kappa shape index (κ3) is 2.80. The van der Waals surface area contributed by atoms with Gasteiger partial charge in [-0.3, -0.25) is 0 Å². The van der Waals surface area contributed by atoms with E-state index >= 15 is 0 Å². The molecule has 0 atom stereocenters. The predicted molar refractivity (Wildman–Crippen MR) is 48.7 cm³/mol. The first-order chi connectivity index (χ1) is 4.58. The van der Waals surface area contributed by atoms with Gasteiger partial charge in [-0.2, -0.15) is 0 Å². The van der Waals surface area contributed by atoms with Gasteiger partial charge in [0.1, 0.15) is 0 Å². The van der Waals surface area contributed by atoms with Gasteiger partial charge in [0.15, 0.2) is 0 Å². The minimum absolute atomic E-state index is 0.399. The number of hydrogen-bond donors (Lipinski definition) is 0. The summed E-state index contributed by atoms with van der Waals surface area (Å²) in [6.45, 7) is 7.10.